The fraction of sp³-hybridized carbons (Fsp3) is 0.250. The molecule has 0 saturated carbocycles. The molecule has 1 amide bonds. The van der Waals surface area contributed by atoms with Gasteiger partial charge in [-0.2, -0.15) is 0 Å². The van der Waals surface area contributed by atoms with Gasteiger partial charge in [-0.15, -0.1) is 0 Å². The van der Waals surface area contributed by atoms with Gasteiger partial charge in [-0.05, 0) is 30.7 Å². The van der Waals surface area contributed by atoms with Crippen LogP contribution in [0.15, 0.2) is 57.7 Å². The molecule has 3 aromatic rings. The van der Waals surface area contributed by atoms with E-state index in [0.717, 1.165) is 0 Å². The normalized spacial score (nSPS) is 10.6. The number of esters is 1. The minimum atomic E-state index is -0.489. The molecule has 28 heavy (non-hydrogen) atoms. The molecule has 146 valence electrons. The molecular weight excluding hydrogens is 364 g/mol. The monoisotopic (exact) mass is 384 g/mol. The Morgan fingerprint density at radius 3 is 2.79 bits per heavy atom. The van der Waals surface area contributed by atoms with Crippen LogP contribution in [0.5, 0.6) is 5.75 Å². The number of anilines is 1. The van der Waals surface area contributed by atoms with Gasteiger partial charge in [0, 0.05) is 24.7 Å². The maximum atomic E-state index is 12.2. The van der Waals surface area contributed by atoms with Gasteiger partial charge in [0.2, 0.25) is 5.91 Å². The molecule has 1 heterocycles. The SMILES string of the molecule is COC(=O)COc1cccc(NC(=O)CCCn2c(=O)oc3ccccc32)c1. The highest BCUT2D eigenvalue weighted by Gasteiger charge is 2.10. The number of carbonyl (C=O) groups excluding carboxylic acids is 2. The van der Waals surface area contributed by atoms with Gasteiger partial charge in [-0.1, -0.05) is 18.2 Å². The van der Waals surface area contributed by atoms with Gasteiger partial charge in [0.15, 0.2) is 12.2 Å². The minimum Gasteiger partial charge on any atom is -0.482 e. The van der Waals surface area contributed by atoms with Crippen molar-refractivity contribution in [3.63, 3.8) is 0 Å². The molecule has 0 bridgehead atoms. The van der Waals surface area contributed by atoms with Crippen LogP contribution in [0.1, 0.15) is 12.8 Å². The van der Waals surface area contributed by atoms with Crippen molar-refractivity contribution in [2.45, 2.75) is 19.4 Å². The maximum Gasteiger partial charge on any atom is 0.419 e. The molecule has 2 aromatic carbocycles. The van der Waals surface area contributed by atoms with Crippen LogP contribution in [0.3, 0.4) is 0 Å². The molecule has 0 saturated heterocycles. The number of ether oxygens (including phenoxy) is 2. The zero-order valence-electron chi connectivity index (χ0n) is 15.3. The molecule has 1 N–H and O–H groups in total. The smallest absolute Gasteiger partial charge is 0.419 e. The summed E-state index contributed by atoms with van der Waals surface area (Å²) < 4.78 is 16.5. The Labute approximate surface area is 160 Å². The zero-order chi connectivity index (χ0) is 19.9. The second-order valence-electron chi connectivity index (χ2n) is 6.03. The van der Waals surface area contributed by atoms with Gasteiger partial charge >= 0.3 is 11.7 Å². The van der Waals surface area contributed by atoms with Gasteiger partial charge in [-0.25, -0.2) is 9.59 Å². The predicted molar refractivity (Wildman–Crippen MR) is 102 cm³/mol. The molecule has 0 radical (unpaired) electrons. The van der Waals surface area contributed by atoms with E-state index in [1.165, 1.54) is 11.7 Å². The Hall–Kier alpha value is -3.55. The first-order valence-corrected chi connectivity index (χ1v) is 8.75. The van der Waals surface area contributed by atoms with Crippen molar-refractivity contribution >= 4 is 28.7 Å². The van der Waals surface area contributed by atoms with E-state index in [1.807, 2.05) is 6.07 Å². The Morgan fingerprint density at radius 1 is 1.14 bits per heavy atom. The van der Waals surface area contributed by atoms with Crippen molar-refractivity contribution < 1.29 is 23.5 Å². The molecule has 1 aromatic heterocycles. The third-order valence-electron chi connectivity index (χ3n) is 4.06. The van der Waals surface area contributed by atoms with Crippen LogP contribution in [0.2, 0.25) is 0 Å². The topological polar surface area (TPSA) is 99.8 Å². The largest absolute Gasteiger partial charge is 0.482 e. The summed E-state index contributed by atoms with van der Waals surface area (Å²) in [4.78, 5) is 35.2. The second kappa shape index (κ2) is 8.90. The summed E-state index contributed by atoms with van der Waals surface area (Å²) in [7, 11) is 1.28. The van der Waals surface area contributed by atoms with Gasteiger partial charge in [0.25, 0.3) is 0 Å². The summed E-state index contributed by atoms with van der Waals surface area (Å²) in [6.07, 6.45) is 0.715. The Kier molecular flexibility index (Phi) is 6.11. The summed E-state index contributed by atoms with van der Waals surface area (Å²) >= 11 is 0. The van der Waals surface area contributed by atoms with Crippen LogP contribution in [-0.2, 0) is 20.9 Å². The second-order valence-corrected chi connectivity index (χ2v) is 6.03. The first-order valence-electron chi connectivity index (χ1n) is 8.75. The van der Waals surface area contributed by atoms with Crippen LogP contribution < -0.4 is 15.8 Å². The Morgan fingerprint density at radius 2 is 1.96 bits per heavy atom. The number of nitrogens with one attached hydrogen (secondary N) is 1. The summed E-state index contributed by atoms with van der Waals surface area (Å²) in [6.45, 7) is 0.173. The molecule has 0 fully saturated rings. The van der Waals surface area contributed by atoms with E-state index in [0.29, 0.717) is 35.5 Å². The van der Waals surface area contributed by atoms with E-state index in [1.54, 1.807) is 42.5 Å². The molecular formula is C20H20N2O6. The minimum absolute atomic E-state index is 0.189. The fourth-order valence-corrected chi connectivity index (χ4v) is 2.71. The number of hydrogen-bond acceptors (Lipinski definition) is 6. The zero-order valence-corrected chi connectivity index (χ0v) is 15.3. The van der Waals surface area contributed by atoms with E-state index < -0.39 is 11.7 Å². The Balaban J connectivity index is 1.52. The lowest BCUT2D eigenvalue weighted by Gasteiger charge is -2.09. The van der Waals surface area contributed by atoms with Crippen LogP contribution in [0.4, 0.5) is 5.69 Å². The highest BCUT2D eigenvalue weighted by Crippen LogP contribution is 2.18. The molecule has 0 aliphatic carbocycles. The van der Waals surface area contributed by atoms with E-state index >= 15 is 0 Å². The number of fused-ring (bicyclic) bond motifs is 1. The maximum absolute atomic E-state index is 12.2. The highest BCUT2D eigenvalue weighted by molar-refractivity contribution is 5.90. The van der Waals surface area contributed by atoms with Crippen molar-refractivity contribution in [2.24, 2.45) is 0 Å². The third-order valence-corrected chi connectivity index (χ3v) is 4.06. The average molecular weight is 384 g/mol. The lowest BCUT2D eigenvalue weighted by molar-refractivity contribution is -0.142. The summed E-state index contributed by atoms with van der Waals surface area (Å²) in [6, 6.07) is 13.9. The quantitative estimate of drug-likeness (QED) is 0.599. The van der Waals surface area contributed by atoms with Gasteiger partial charge in [0.05, 0.1) is 12.6 Å². The number of aryl methyl sites for hydroxylation is 1. The number of para-hydroxylation sites is 2. The lowest BCUT2D eigenvalue weighted by Crippen LogP contribution is -2.17. The standard InChI is InChI=1S/C20H20N2O6/c1-26-19(24)13-27-15-7-4-6-14(12-15)21-18(23)10-5-11-22-16-8-2-3-9-17(16)28-20(22)25/h2-4,6-9,12H,5,10-11,13H2,1H3,(H,21,23). The summed E-state index contributed by atoms with van der Waals surface area (Å²) in [5.41, 5.74) is 1.79. The number of oxazole rings is 1. The van der Waals surface area contributed by atoms with Crippen LogP contribution >= 0.6 is 0 Å². The molecule has 0 aliphatic heterocycles. The molecule has 0 aliphatic rings. The Bertz CT molecular complexity index is 1040. The van der Waals surface area contributed by atoms with Crippen LogP contribution in [-0.4, -0.2) is 30.2 Å². The van der Waals surface area contributed by atoms with E-state index in [-0.39, 0.29) is 18.9 Å². The molecule has 8 nitrogen and oxygen atoms in total. The number of carbonyl (C=O) groups is 2. The fourth-order valence-electron chi connectivity index (χ4n) is 2.71. The van der Waals surface area contributed by atoms with Gasteiger partial charge < -0.3 is 19.2 Å². The first-order chi connectivity index (χ1) is 13.6. The number of benzene rings is 2. The number of hydrogen-bond donors (Lipinski definition) is 1. The summed E-state index contributed by atoms with van der Waals surface area (Å²) in [5, 5.41) is 2.77. The molecule has 8 heteroatoms. The number of methoxy groups -OCH3 is 1. The number of aromatic nitrogens is 1. The van der Waals surface area contributed by atoms with Crippen molar-refractivity contribution in [3.05, 3.63) is 59.1 Å². The van der Waals surface area contributed by atoms with E-state index in [2.05, 4.69) is 10.1 Å². The van der Waals surface area contributed by atoms with E-state index in [9.17, 15) is 14.4 Å². The van der Waals surface area contributed by atoms with Crippen molar-refractivity contribution in [1.82, 2.24) is 4.57 Å². The van der Waals surface area contributed by atoms with Crippen molar-refractivity contribution in [1.29, 1.82) is 0 Å². The highest BCUT2D eigenvalue weighted by atomic mass is 16.6. The first kappa shape index (κ1) is 19.2. The lowest BCUT2D eigenvalue weighted by atomic mass is 10.2. The van der Waals surface area contributed by atoms with Crippen LogP contribution in [0, 0.1) is 0 Å². The third kappa shape index (κ3) is 4.79. The molecule has 0 atom stereocenters. The van der Waals surface area contributed by atoms with Crippen molar-refractivity contribution in [2.75, 3.05) is 19.0 Å². The van der Waals surface area contributed by atoms with Crippen LogP contribution in [0.25, 0.3) is 11.1 Å². The van der Waals surface area contributed by atoms with E-state index in [4.69, 9.17) is 9.15 Å². The number of nitrogens with zero attached hydrogens (tertiary/aromatic N) is 1. The predicted octanol–water partition coefficient (Wildman–Crippen LogP) is 2.57. The van der Waals surface area contributed by atoms with Crippen molar-refractivity contribution in [3.8, 4) is 5.75 Å². The summed E-state index contributed by atoms with van der Waals surface area (Å²) in [5.74, 6) is -0.667. The molecule has 0 spiro atoms. The van der Waals surface area contributed by atoms with Gasteiger partial charge in [-0.3, -0.25) is 9.36 Å². The molecule has 0 unspecified atom stereocenters. The molecule has 3 rings (SSSR count). The average Bonchev–Trinajstić information content (AvgIpc) is 3.01. The number of rotatable bonds is 8. The van der Waals surface area contributed by atoms with Gasteiger partial charge in [0.1, 0.15) is 5.75 Å². The number of amides is 1.